The van der Waals surface area contributed by atoms with E-state index in [2.05, 4.69) is 41.5 Å². The first-order valence-corrected chi connectivity index (χ1v) is 16.5. The molecule has 2 N–H and O–H groups in total. The molecule has 0 radical (unpaired) electrons. The second kappa shape index (κ2) is 16.5. The highest BCUT2D eigenvalue weighted by atomic mass is 32.1. The fourth-order valence-electron chi connectivity index (χ4n) is 5.55. The number of carbonyl (C=O) groups excluding carboxylic acids is 3. The summed E-state index contributed by atoms with van der Waals surface area (Å²) >= 11 is 1.58. The average molecular weight is 603 g/mol. The van der Waals surface area contributed by atoms with Crippen LogP contribution in [0.15, 0.2) is 60.7 Å². The summed E-state index contributed by atoms with van der Waals surface area (Å²) in [6.45, 7) is 7.33. The molecule has 230 valence electrons. The minimum absolute atomic E-state index is 0.0708. The van der Waals surface area contributed by atoms with Crippen molar-refractivity contribution in [2.24, 2.45) is 5.92 Å². The first kappa shape index (κ1) is 32.6. The van der Waals surface area contributed by atoms with Gasteiger partial charge in [-0.25, -0.2) is 4.98 Å². The molecule has 7 nitrogen and oxygen atoms in total. The quantitative estimate of drug-likeness (QED) is 0.214. The van der Waals surface area contributed by atoms with E-state index in [1.54, 1.807) is 24.5 Å². The van der Waals surface area contributed by atoms with E-state index >= 15 is 0 Å². The molecule has 2 heterocycles. The Morgan fingerprint density at radius 1 is 1.02 bits per heavy atom. The third-order valence-corrected chi connectivity index (χ3v) is 9.19. The number of carbonyl (C=O) groups is 3. The lowest BCUT2D eigenvalue weighted by molar-refractivity contribution is -0.130. The summed E-state index contributed by atoms with van der Waals surface area (Å²) in [4.78, 5) is 46.1. The zero-order valence-electron chi connectivity index (χ0n) is 25.8. The lowest BCUT2D eigenvalue weighted by Gasteiger charge is -2.24. The van der Waals surface area contributed by atoms with E-state index in [1.165, 1.54) is 24.8 Å². The van der Waals surface area contributed by atoms with Crippen LogP contribution >= 0.6 is 11.3 Å². The van der Waals surface area contributed by atoms with Gasteiger partial charge in [0.25, 0.3) is 0 Å². The number of thiazole rings is 1. The monoisotopic (exact) mass is 602 g/mol. The SMILES string of the molecule is CNC(=O)C[C@@H](Cc1nc2ccc(C(C)C)cc2s1)C(=O)N[C@H](CCC(=O)/C=C/CN1CCCCC1)Cc1ccccc1. The second-order valence-corrected chi connectivity index (χ2v) is 13.0. The molecule has 0 aliphatic carbocycles. The molecule has 1 saturated heterocycles. The van der Waals surface area contributed by atoms with Crippen LogP contribution in [0.25, 0.3) is 10.2 Å². The Bertz CT molecular complexity index is 1380. The van der Waals surface area contributed by atoms with Crippen molar-refractivity contribution in [1.29, 1.82) is 0 Å². The topological polar surface area (TPSA) is 91.4 Å². The predicted molar refractivity (Wildman–Crippen MR) is 175 cm³/mol. The number of hydrogen-bond donors (Lipinski definition) is 2. The molecule has 43 heavy (non-hydrogen) atoms. The molecule has 0 saturated carbocycles. The van der Waals surface area contributed by atoms with Gasteiger partial charge >= 0.3 is 0 Å². The average Bonchev–Trinajstić information content (AvgIpc) is 3.42. The van der Waals surface area contributed by atoms with Gasteiger partial charge in [-0.3, -0.25) is 19.3 Å². The second-order valence-electron chi connectivity index (χ2n) is 11.9. The van der Waals surface area contributed by atoms with Gasteiger partial charge in [-0.1, -0.05) is 62.7 Å². The number of nitrogens with zero attached hydrogens (tertiary/aromatic N) is 2. The first-order valence-electron chi connectivity index (χ1n) is 15.7. The fourth-order valence-corrected chi connectivity index (χ4v) is 6.64. The summed E-state index contributed by atoms with van der Waals surface area (Å²) in [6.07, 6.45) is 9.35. The number of rotatable bonds is 15. The molecule has 4 rings (SSSR count). The summed E-state index contributed by atoms with van der Waals surface area (Å²) in [5, 5.41) is 6.72. The Morgan fingerprint density at radius 3 is 2.51 bits per heavy atom. The smallest absolute Gasteiger partial charge is 0.224 e. The molecule has 2 atom stereocenters. The molecule has 0 unspecified atom stereocenters. The predicted octanol–water partition coefficient (Wildman–Crippen LogP) is 5.83. The van der Waals surface area contributed by atoms with Crippen molar-refractivity contribution >= 4 is 39.2 Å². The zero-order chi connectivity index (χ0) is 30.6. The maximum absolute atomic E-state index is 13.7. The van der Waals surface area contributed by atoms with Crippen molar-refractivity contribution in [3.8, 4) is 0 Å². The number of likely N-dealkylation sites (tertiary alicyclic amines) is 1. The van der Waals surface area contributed by atoms with Gasteiger partial charge in [-0.05, 0) is 74.0 Å². The summed E-state index contributed by atoms with van der Waals surface area (Å²) in [5.41, 5.74) is 3.26. The van der Waals surface area contributed by atoms with E-state index in [9.17, 15) is 14.4 Å². The van der Waals surface area contributed by atoms with Crippen molar-refractivity contribution in [3.05, 3.63) is 76.8 Å². The number of piperidine rings is 1. The van der Waals surface area contributed by atoms with Gasteiger partial charge in [-0.2, -0.15) is 0 Å². The van der Waals surface area contributed by atoms with Gasteiger partial charge < -0.3 is 10.6 Å². The molecule has 2 aromatic carbocycles. The number of hydrogen-bond acceptors (Lipinski definition) is 6. The van der Waals surface area contributed by atoms with Gasteiger partial charge in [0.1, 0.15) is 0 Å². The number of aromatic nitrogens is 1. The van der Waals surface area contributed by atoms with E-state index in [-0.39, 0.29) is 30.1 Å². The van der Waals surface area contributed by atoms with Crippen LogP contribution in [0.4, 0.5) is 0 Å². The number of benzene rings is 2. The van der Waals surface area contributed by atoms with Crippen LogP contribution in [0.1, 0.15) is 74.4 Å². The largest absolute Gasteiger partial charge is 0.359 e. The molecular weight excluding hydrogens is 556 g/mol. The highest BCUT2D eigenvalue weighted by Crippen LogP contribution is 2.28. The van der Waals surface area contributed by atoms with Crippen LogP contribution in [0.2, 0.25) is 0 Å². The summed E-state index contributed by atoms with van der Waals surface area (Å²) in [5.74, 6) is -0.443. The minimum Gasteiger partial charge on any atom is -0.359 e. The Hall–Kier alpha value is -3.36. The van der Waals surface area contributed by atoms with Crippen LogP contribution in [0, 0.1) is 5.92 Å². The van der Waals surface area contributed by atoms with Crippen LogP contribution in [-0.4, -0.2) is 60.2 Å². The minimum atomic E-state index is -0.566. The van der Waals surface area contributed by atoms with Crippen molar-refractivity contribution in [1.82, 2.24) is 20.5 Å². The molecular formula is C35H46N4O3S. The van der Waals surface area contributed by atoms with Gasteiger partial charge in [0.15, 0.2) is 5.78 Å². The normalized spacial score (nSPS) is 15.5. The van der Waals surface area contributed by atoms with Crippen molar-refractivity contribution in [3.63, 3.8) is 0 Å². The first-order chi connectivity index (χ1) is 20.8. The van der Waals surface area contributed by atoms with Crippen molar-refractivity contribution in [2.75, 3.05) is 26.7 Å². The maximum atomic E-state index is 13.7. The molecule has 0 bridgehead atoms. The van der Waals surface area contributed by atoms with Crippen molar-refractivity contribution < 1.29 is 14.4 Å². The van der Waals surface area contributed by atoms with Gasteiger partial charge in [0.2, 0.25) is 11.8 Å². The third kappa shape index (κ3) is 10.4. The molecule has 3 aromatic rings. The molecule has 8 heteroatoms. The van der Waals surface area contributed by atoms with Gasteiger partial charge in [0, 0.05) is 38.9 Å². The zero-order valence-corrected chi connectivity index (χ0v) is 26.6. The third-order valence-electron chi connectivity index (χ3n) is 8.15. The molecule has 2 amide bonds. The molecule has 0 spiro atoms. The number of fused-ring (bicyclic) bond motifs is 1. The number of nitrogens with one attached hydrogen (secondary N) is 2. The van der Waals surface area contributed by atoms with Gasteiger partial charge in [0.05, 0.1) is 21.1 Å². The number of allylic oxidation sites excluding steroid dienone is 1. The maximum Gasteiger partial charge on any atom is 0.224 e. The van der Waals surface area contributed by atoms with E-state index in [0.717, 1.165) is 40.4 Å². The molecule has 1 aliphatic rings. The van der Waals surface area contributed by atoms with Gasteiger partial charge in [-0.15, -0.1) is 11.3 Å². The van der Waals surface area contributed by atoms with Crippen LogP contribution < -0.4 is 10.6 Å². The Labute approximate surface area is 260 Å². The highest BCUT2D eigenvalue weighted by Gasteiger charge is 2.26. The van der Waals surface area contributed by atoms with E-state index in [4.69, 9.17) is 4.98 Å². The highest BCUT2D eigenvalue weighted by molar-refractivity contribution is 7.18. The molecule has 1 fully saturated rings. The Balaban J connectivity index is 1.43. The van der Waals surface area contributed by atoms with E-state index in [1.807, 2.05) is 42.5 Å². The summed E-state index contributed by atoms with van der Waals surface area (Å²) in [6, 6.07) is 16.1. The Morgan fingerprint density at radius 2 is 1.79 bits per heavy atom. The Kier molecular flexibility index (Phi) is 12.5. The number of ketones is 1. The molecule has 1 aromatic heterocycles. The summed E-state index contributed by atoms with van der Waals surface area (Å²) in [7, 11) is 1.59. The lowest BCUT2D eigenvalue weighted by Crippen LogP contribution is -2.42. The number of amides is 2. The standard InChI is InChI=1S/C35H46N4O3S/c1-25(2)27-14-17-31-32(22-27)43-34(38-31)24-28(23-33(41)36-3)35(42)37-29(21-26-11-6-4-7-12-26)15-16-30(40)13-10-20-39-18-8-5-9-19-39/h4,6-7,10-14,17,22,25,28-29H,5,8-9,15-16,18-21,23-24H2,1-3H3,(H,36,41)(H,37,42)/b13-10+/t28-,29+/m0/s1. The fraction of sp³-hybridized carbons (Fsp3) is 0.486. The van der Waals surface area contributed by atoms with Crippen LogP contribution in [0.3, 0.4) is 0 Å². The lowest BCUT2D eigenvalue weighted by atomic mass is 9.96. The van der Waals surface area contributed by atoms with Crippen molar-refractivity contribution in [2.45, 2.75) is 77.2 Å². The summed E-state index contributed by atoms with van der Waals surface area (Å²) < 4.78 is 1.09. The van der Waals surface area contributed by atoms with Crippen LogP contribution in [-0.2, 0) is 27.2 Å². The molecule has 1 aliphatic heterocycles. The van der Waals surface area contributed by atoms with E-state index < -0.39 is 5.92 Å². The van der Waals surface area contributed by atoms with E-state index in [0.29, 0.717) is 31.6 Å². The van der Waals surface area contributed by atoms with Crippen LogP contribution in [0.5, 0.6) is 0 Å².